The summed E-state index contributed by atoms with van der Waals surface area (Å²) in [5, 5.41) is 9.95. The van der Waals surface area contributed by atoms with E-state index in [1.165, 1.54) is 29.7 Å². The molecule has 3 aromatic rings. The Kier molecular flexibility index (Phi) is 4.68. The van der Waals surface area contributed by atoms with Crippen LogP contribution in [0.3, 0.4) is 0 Å². The van der Waals surface area contributed by atoms with Crippen LogP contribution in [-0.2, 0) is 6.42 Å². The van der Waals surface area contributed by atoms with Gasteiger partial charge in [-0.05, 0) is 35.4 Å². The first-order chi connectivity index (χ1) is 11.1. The quantitative estimate of drug-likeness (QED) is 0.746. The number of nitrogens with zero attached hydrogens (tertiary/aromatic N) is 1. The largest absolute Gasteiger partial charge is 0.342 e. The second-order valence-electron chi connectivity index (χ2n) is 5.13. The van der Waals surface area contributed by atoms with Gasteiger partial charge in [-0.15, -0.1) is 11.3 Å². The molecule has 3 aromatic heterocycles. The minimum atomic E-state index is -0.230. The van der Waals surface area contributed by atoms with Crippen molar-refractivity contribution in [3.8, 4) is 0 Å². The van der Waals surface area contributed by atoms with E-state index in [0.29, 0.717) is 12.0 Å². The summed E-state index contributed by atoms with van der Waals surface area (Å²) in [6.07, 6.45) is 2.11. The minimum absolute atomic E-state index is 0.192. The van der Waals surface area contributed by atoms with Crippen molar-refractivity contribution in [1.29, 1.82) is 0 Å². The van der Waals surface area contributed by atoms with Gasteiger partial charge in [0.15, 0.2) is 0 Å². The van der Waals surface area contributed by atoms with E-state index in [0.717, 1.165) is 16.3 Å². The molecule has 0 aromatic carbocycles. The Hall–Kier alpha value is -2.25. The van der Waals surface area contributed by atoms with Gasteiger partial charge in [-0.2, -0.15) is 11.3 Å². The number of aryl methyl sites for hydroxylation is 1. The molecule has 1 unspecified atom stereocenters. The van der Waals surface area contributed by atoms with Gasteiger partial charge in [0, 0.05) is 29.8 Å². The highest BCUT2D eigenvalue weighted by molar-refractivity contribution is 7.09. The molecule has 7 heteroatoms. The van der Waals surface area contributed by atoms with Crippen LogP contribution in [0.15, 0.2) is 45.3 Å². The molecule has 118 valence electrons. The first-order valence-electron chi connectivity index (χ1n) is 7.04. The van der Waals surface area contributed by atoms with Crippen LogP contribution in [-0.4, -0.2) is 15.9 Å². The SMILES string of the molecule is Cc1csc(C(Cc2ccsc2)NC(=O)c2ccc(=O)[nH]c2)n1. The molecule has 0 radical (unpaired) electrons. The van der Waals surface area contributed by atoms with Gasteiger partial charge < -0.3 is 10.3 Å². The van der Waals surface area contributed by atoms with Crippen molar-refractivity contribution in [1.82, 2.24) is 15.3 Å². The highest BCUT2D eigenvalue weighted by atomic mass is 32.1. The lowest BCUT2D eigenvalue weighted by Crippen LogP contribution is -2.30. The highest BCUT2D eigenvalue weighted by Crippen LogP contribution is 2.23. The summed E-state index contributed by atoms with van der Waals surface area (Å²) in [5.41, 5.74) is 2.30. The standard InChI is InChI=1S/C16H15N3O2S2/c1-10-8-23-16(18-10)13(6-11-4-5-22-9-11)19-15(21)12-2-3-14(20)17-7-12/h2-5,7-9,13H,6H2,1H3,(H,17,20)(H,19,21). The third-order valence-corrected chi connectivity index (χ3v) is 5.11. The summed E-state index contributed by atoms with van der Waals surface area (Å²) in [6, 6.07) is 4.71. The van der Waals surface area contributed by atoms with Gasteiger partial charge in [0.25, 0.3) is 5.91 Å². The van der Waals surface area contributed by atoms with Gasteiger partial charge in [-0.3, -0.25) is 9.59 Å². The molecule has 0 bridgehead atoms. The maximum Gasteiger partial charge on any atom is 0.253 e. The van der Waals surface area contributed by atoms with E-state index in [1.54, 1.807) is 11.3 Å². The molecular weight excluding hydrogens is 330 g/mol. The molecule has 2 N–H and O–H groups in total. The Bertz CT molecular complexity index is 832. The van der Waals surface area contributed by atoms with Gasteiger partial charge in [0.05, 0.1) is 11.6 Å². The fourth-order valence-electron chi connectivity index (χ4n) is 2.17. The number of pyridine rings is 1. The summed E-state index contributed by atoms with van der Waals surface area (Å²) < 4.78 is 0. The summed E-state index contributed by atoms with van der Waals surface area (Å²) in [6.45, 7) is 1.94. The van der Waals surface area contributed by atoms with Crippen LogP contribution in [0, 0.1) is 6.92 Å². The first kappa shape index (κ1) is 15.6. The van der Waals surface area contributed by atoms with Gasteiger partial charge >= 0.3 is 0 Å². The van der Waals surface area contributed by atoms with Crippen molar-refractivity contribution in [3.63, 3.8) is 0 Å². The van der Waals surface area contributed by atoms with Gasteiger partial charge in [0.2, 0.25) is 5.56 Å². The number of hydrogen-bond donors (Lipinski definition) is 2. The molecule has 0 aliphatic carbocycles. The molecule has 0 spiro atoms. The predicted octanol–water partition coefficient (Wildman–Crippen LogP) is 2.92. The van der Waals surface area contributed by atoms with E-state index in [1.807, 2.05) is 23.8 Å². The molecule has 0 aliphatic rings. The lowest BCUT2D eigenvalue weighted by molar-refractivity contribution is 0.0936. The van der Waals surface area contributed by atoms with E-state index in [9.17, 15) is 9.59 Å². The molecule has 0 aliphatic heterocycles. The Morgan fingerprint density at radius 3 is 2.83 bits per heavy atom. The number of carbonyl (C=O) groups excluding carboxylic acids is 1. The Morgan fingerprint density at radius 1 is 1.35 bits per heavy atom. The molecule has 0 saturated carbocycles. The van der Waals surface area contributed by atoms with Crippen molar-refractivity contribution >= 4 is 28.6 Å². The van der Waals surface area contributed by atoms with Crippen molar-refractivity contribution in [2.45, 2.75) is 19.4 Å². The maximum absolute atomic E-state index is 12.4. The topological polar surface area (TPSA) is 74.8 Å². The lowest BCUT2D eigenvalue weighted by Gasteiger charge is -2.16. The number of aromatic nitrogens is 2. The number of H-pyrrole nitrogens is 1. The Morgan fingerprint density at radius 2 is 2.22 bits per heavy atom. The lowest BCUT2D eigenvalue weighted by atomic mass is 10.1. The number of hydrogen-bond acceptors (Lipinski definition) is 5. The number of amides is 1. The first-order valence-corrected chi connectivity index (χ1v) is 8.87. The normalized spacial score (nSPS) is 12.0. The second kappa shape index (κ2) is 6.89. The molecule has 0 saturated heterocycles. The molecule has 23 heavy (non-hydrogen) atoms. The molecule has 1 atom stereocenters. The summed E-state index contributed by atoms with van der Waals surface area (Å²) in [4.78, 5) is 30.5. The minimum Gasteiger partial charge on any atom is -0.342 e. The van der Waals surface area contributed by atoms with Crippen LogP contribution in [0.2, 0.25) is 0 Å². The number of nitrogens with one attached hydrogen (secondary N) is 2. The number of carbonyl (C=O) groups is 1. The summed E-state index contributed by atoms with van der Waals surface area (Å²) in [5.74, 6) is -0.227. The van der Waals surface area contributed by atoms with Crippen molar-refractivity contribution in [2.24, 2.45) is 0 Å². The zero-order chi connectivity index (χ0) is 16.2. The van der Waals surface area contributed by atoms with Gasteiger partial charge in [0.1, 0.15) is 5.01 Å². The molecule has 3 rings (SSSR count). The highest BCUT2D eigenvalue weighted by Gasteiger charge is 2.19. The zero-order valence-corrected chi connectivity index (χ0v) is 14.0. The summed E-state index contributed by atoms with van der Waals surface area (Å²) in [7, 11) is 0. The molecule has 3 heterocycles. The van der Waals surface area contributed by atoms with E-state index < -0.39 is 0 Å². The monoisotopic (exact) mass is 345 g/mol. The number of thiazole rings is 1. The van der Waals surface area contributed by atoms with Crippen molar-refractivity contribution < 1.29 is 4.79 Å². The van der Waals surface area contributed by atoms with E-state index in [2.05, 4.69) is 20.7 Å². The van der Waals surface area contributed by atoms with Gasteiger partial charge in [-0.1, -0.05) is 0 Å². The average Bonchev–Trinajstić information content (AvgIpc) is 3.19. The molecule has 5 nitrogen and oxygen atoms in total. The van der Waals surface area contributed by atoms with Gasteiger partial charge in [-0.25, -0.2) is 4.98 Å². The van der Waals surface area contributed by atoms with Crippen LogP contribution in [0.5, 0.6) is 0 Å². The average molecular weight is 345 g/mol. The third-order valence-electron chi connectivity index (χ3n) is 3.31. The summed E-state index contributed by atoms with van der Waals surface area (Å²) >= 11 is 3.17. The smallest absolute Gasteiger partial charge is 0.253 e. The maximum atomic E-state index is 12.4. The second-order valence-corrected chi connectivity index (χ2v) is 6.80. The molecule has 0 fully saturated rings. The van der Waals surface area contributed by atoms with Crippen LogP contribution >= 0.6 is 22.7 Å². The number of thiophene rings is 1. The fraction of sp³-hybridized carbons (Fsp3) is 0.188. The van der Waals surface area contributed by atoms with Crippen molar-refractivity contribution in [3.05, 3.63) is 72.7 Å². The zero-order valence-electron chi connectivity index (χ0n) is 12.4. The van der Waals surface area contributed by atoms with Crippen molar-refractivity contribution in [2.75, 3.05) is 0 Å². The Labute approximate surface area is 141 Å². The number of aromatic amines is 1. The molecule has 1 amide bonds. The van der Waals surface area contributed by atoms with Crippen LogP contribution in [0.25, 0.3) is 0 Å². The van der Waals surface area contributed by atoms with Crippen LogP contribution in [0.4, 0.5) is 0 Å². The number of rotatable bonds is 5. The molecular formula is C16H15N3O2S2. The predicted molar refractivity (Wildman–Crippen MR) is 92.1 cm³/mol. The fourth-order valence-corrected chi connectivity index (χ4v) is 3.70. The van der Waals surface area contributed by atoms with Crippen LogP contribution < -0.4 is 10.9 Å². The third kappa shape index (κ3) is 3.94. The Balaban J connectivity index is 1.81. The van der Waals surface area contributed by atoms with E-state index in [-0.39, 0.29) is 17.5 Å². The van der Waals surface area contributed by atoms with Crippen LogP contribution in [0.1, 0.15) is 32.7 Å². The van der Waals surface area contributed by atoms with E-state index >= 15 is 0 Å². The van der Waals surface area contributed by atoms with E-state index in [4.69, 9.17) is 0 Å².